The van der Waals surface area contributed by atoms with Gasteiger partial charge in [0.2, 0.25) is 17.8 Å². The molecule has 0 saturated heterocycles. The van der Waals surface area contributed by atoms with Crippen LogP contribution in [0.15, 0.2) is 42.6 Å². The number of anilines is 3. The first-order chi connectivity index (χ1) is 18.9. The van der Waals surface area contributed by atoms with Gasteiger partial charge < -0.3 is 25.8 Å². The Hall–Kier alpha value is -4.41. The molecule has 0 radical (unpaired) electrons. The molecule has 0 aliphatic rings. The zero-order valence-corrected chi connectivity index (χ0v) is 23.3. The topological polar surface area (TPSA) is 126 Å². The van der Waals surface area contributed by atoms with Gasteiger partial charge in [0.1, 0.15) is 5.82 Å². The summed E-state index contributed by atoms with van der Waals surface area (Å²) in [6, 6.07) is 9.15. The molecule has 0 saturated carbocycles. The zero-order chi connectivity index (χ0) is 28.5. The molecular formula is C29H38N8O2. The number of aromatic nitrogens is 2. The standard InChI is InChI=1S/C29H38N8O2/c1-5-17-32-28-24(21-33-29(35-28)34-25-15-13-23(20-30)14-16-25)11-8-7-9-18-31-26(38)22-37(6-2)27(39)12-10-19-36(3)4/h10,12-16,21H,5-7,9,17-19,22H2,1-4H3,(H,31,38)(H2,32,33,34,35). The molecule has 0 atom stereocenters. The van der Waals surface area contributed by atoms with E-state index in [-0.39, 0.29) is 18.4 Å². The van der Waals surface area contributed by atoms with E-state index in [4.69, 9.17) is 5.26 Å². The quantitative estimate of drug-likeness (QED) is 0.193. The molecule has 1 heterocycles. The summed E-state index contributed by atoms with van der Waals surface area (Å²) in [6.07, 6.45) is 7.17. The molecule has 2 amide bonds. The van der Waals surface area contributed by atoms with E-state index in [1.54, 1.807) is 36.5 Å². The predicted octanol–water partition coefficient (Wildman–Crippen LogP) is 3.13. The van der Waals surface area contributed by atoms with Crippen LogP contribution in [0.2, 0.25) is 0 Å². The maximum absolute atomic E-state index is 12.3. The number of carbonyl (C=O) groups excluding carboxylic acids is 2. The van der Waals surface area contributed by atoms with Crippen LogP contribution in [0.5, 0.6) is 0 Å². The predicted molar refractivity (Wildman–Crippen MR) is 154 cm³/mol. The number of amides is 2. The van der Waals surface area contributed by atoms with Gasteiger partial charge in [-0.1, -0.05) is 24.8 Å². The Balaban J connectivity index is 1.86. The average molecular weight is 531 g/mol. The molecule has 2 aromatic rings. The minimum atomic E-state index is -0.191. The highest BCUT2D eigenvalue weighted by Gasteiger charge is 2.12. The third kappa shape index (κ3) is 11.7. The van der Waals surface area contributed by atoms with Crippen LogP contribution >= 0.6 is 0 Å². The van der Waals surface area contributed by atoms with Crippen molar-refractivity contribution in [3.8, 4) is 17.9 Å². The third-order valence-electron chi connectivity index (χ3n) is 5.38. The summed E-state index contributed by atoms with van der Waals surface area (Å²) in [5.41, 5.74) is 2.05. The summed E-state index contributed by atoms with van der Waals surface area (Å²) in [4.78, 5) is 36.9. The van der Waals surface area contributed by atoms with Gasteiger partial charge in [0, 0.05) is 44.4 Å². The number of hydrogen-bond donors (Lipinski definition) is 3. The van der Waals surface area contributed by atoms with Crippen LogP contribution < -0.4 is 16.0 Å². The molecule has 10 nitrogen and oxygen atoms in total. The van der Waals surface area contributed by atoms with Gasteiger partial charge in [0.15, 0.2) is 0 Å². The third-order valence-corrected chi connectivity index (χ3v) is 5.38. The Morgan fingerprint density at radius 3 is 2.56 bits per heavy atom. The van der Waals surface area contributed by atoms with Crippen LogP contribution in [0.3, 0.4) is 0 Å². The van der Waals surface area contributed by atoms with Crippen molar-refractivity contribution in [1.82, 2.24) is 25.1 Å². The molecule has 3 N–H and O–H groups in total. The maximum Gasteiger partial charge on any atom is 0.246 e. The minimum absolute atomic E-state index is 0.0277. The highest BCUT2D eigenvalue weighted by Crippen LogP contribution is 2.17. The Morgan fingerprint density at radius 1 is 1.13 bits per heavy atom. The van der Waals surface area contributed by atoms with Crippen molar-refractivity contribution in [3.05, 3.63) is 53.7 Å². The SMILES string of the molecule is CCCNc1nc(Nc2ccc(C#N)cc2)ncc1C#CCCCNC(=O)CN(CC)C(=O)C=CCN(C)C. The largest absolute Gasteiger partial charge is 0.369 e. The lowest BCUT2D eigenvalue weighted by atomic mass is 10.2. The van der Waals surface area contributed by atoms with Crippen molar-refractivity contribution < 1.29 is 9.59 Å². The van der Waals surface area contributed by atoms with Crippen LogP contribution in [0.1, 0.15) is 44.2 Å². The maximum atomic E-state index is 12.3. The molecule has 0 unspecified atom stereocenters. The number of nitriles is 1. The summed E-state index contributed by atoms with van der Waals surface area (Å²) < 4.78 is 0. The Kier molecular flexibility index (Phi) is 13.6. The monoisotopic (exact) mass is 530 g/mol. The summed E-state index contributed by atoms with van der Waals surface area (Å²) in [5.74, 6) is 6.96. The number of nitrogens with zero attached hydrogens (tertiary/aromatic N) is 5. The first kappa shape index (κ1) is 30.8. The normalized spacial score (nSPS) is 10.5. The van der Waals surface area contributed by atoms with E-state index in [2.05, 4.69) is 50.8 Å². The Labute approximate surface area is 231 Å². The average Bonchev–Trinajstić information content (AvgIpc) is 2.93. The van der Waals surface area contributed by atoms with Crippen molar-refractivity contribution in [2.45, 2.75) is 33.1 Å². The van der Waals surface area contributed by atoms with Crippen molar-refractivity contribution in [2.24, 2.45) is 0 Å². The number of nitrogens with one attached hydrogen (secondary N) is 3. The first-order valence-corrected chi connectivity index (χ1v) is 13.1. The zero-order valence-electron chi connectivity index (χ0n) is 23.3. The van der Waals surface area contributed by atoms with E-state index in [9.17, 15) is 9.59 Å². The fraction of sp³-hybridized carbons (Fsp3) is 0.414. The number of carbonyl (C=O) groups is 2. The van der Waals surface area contributed by atoms with Crippen LogP contribution in [0.4, 0.5) is 17.5 Å². The fourth-order valence-corrected chi connectivity index (χ4v) is 3.28. The van der Waals surface area contributed by atoms with Gasteiger partial charge in [0.05, 0.1) is 29.9 Å². The molecule has 0 aliphatic heterocycles. The molecule has 1 aromatic carbocycles. The van der Waals surface area contributed by atoms with E-state index in [1.807, 2.05) is 25.9 Å². The molecular weight excluding hydrogens is 492 g/mol. The summed E-state index contributed by atoms with van der Waals surface area (Å²) in [5, 5.41) is 18.2. The van der Waals surface area contributed by atoms with Gasteiger partial charge in [-0.05, 0) is 58.1 Å². The molecule has 1 aromatic heterocycles. The molecule has 39 heavy (non-hydrogen) atoms. The van der Waals surface area contributed by atoms with Crippen LogP contribution in [-0.4, -0.2) is 78.4 Å². The van der Waals surface area contributed by atoms with Gasteiger partial charge >= 0.3 is 0 Å². The van der Waals surface area contributed by atoms with E-state index in [1.165, 1.54) is 11.0 Å². The number of unbranched alkanes of at least 4 members (excludes halogenated alkanes) is 1. The van der Waals surface area contributed by atoms with E-state index >= 15 is 0 Å². The van der Waals surface area contributed by atoms with E-state index < -0.39 is 0 Å². The molecule has 0 bridgehead atoms. The molecule has 10 heteroatoms. The number of rotatable bonds is 14. The van der Waals surface area contributed by atoms with Crippen molar-refractivity contribution in [3.63, 3.8) is 0 Å². The van der Waals surface area contributed by atoms with E-state index in [0.29, 0.717) is 55.4 Å². The Morgan fingerprint density at radius 2 is 1.90 bits per heavy atom. The fourth-order valence-electron chi connectivity index (χ4n) is 3.28. The van der Waals surface area contributed by atoms with Crippen LogP contribution in [0, 0.1) is 23.2 Å². The number of benzene rings is 1. The minimum Gasteiger partial charge on any atom is -0.369 e. The summed E-state index contributed by atoms with van der Waals surface area (Å²) >= 11 is 0. The van der Waals surface area contributed by atoms with Gasteiger partial charge in [-0.15, -0.1) is 0 Å². The lowest BCUT2D eigenvalue weighted by molar-refractivity contribution is -0.132. The summed E-state index contributed by atoms with van der Waals surface area (Å²) in [7, 11) is 3.85. The number of likely N-dealkylation sites (N-methyl/N-ethyl adjacent to an activating group) is 2. The van der Waals surface area contributed by atoms with Crippen molar-refractivity contribution in [1.29, 1.82) is 5.26 Å². The Bertz CT molecular complexity index is 1210. The second-order valence-electron chi connectivity index (χ2n) is 8.97. The lowest BCUT2D eigenvalue weighted by Crippen LogP contribution is -2.40. The van der Waals surface area contributed by atoms with Gasteiger partial charge in [-0.3, -0.25) is 9.59 Å². The first-order valence-electron chi connectivity index (χ1n) is 13.1. The van der Waals surface area contributed by atoms with Crippen LogP contribution in [-0.2, 0) is 9.59 Å². The second-order valence-corrected chi connectivity index (χ2v) is 8.97. The highest BCUT2D eigenvalue weighted by molar-refractivity contribution is 5.91. The number of hydrogen-bond acceptors (Lipinski definition) is 8. The molecule has 0 fully saturated rings. The summed E-state index contributed by atoms with van der Waals surface area (Å²) in [6.45, 7) is 6.29. The van der Waals surface area contributed by atoms with Gasteiger partial charge in [-0.25, -0.2) is 4.98 Å². The van der Waals surface area contributed by atoms with Crippen LogP contribution in [0.25, 0.3) is 0 Å². The molecule has 0 aliphatic carbocycles. The second kappa shape index (κ2) is 17.2. The van der Waals surface area contributed by atoms with Crippen molar-refractivity contribution in [2.75, 3.05) is 57.5 Å². The molecule has 206 valence electrons. The van der Waals surface area contributed by atoms with Gasteiger partial charge in [0.25, 0.3) is 0 Å². The smallest absolute Gasteiger partial charge is 0.246 e. The van der Waals surface area contributed by atoms with Crippen molar-refractivity contribution >= 4 is 29.3 Å². The molecule has 2 rings (SSSR count). The highest BCUT2D eigenvalue weighted by atomic mass is 16.2. The van der Waals surface area contributed by atoms with Gasteiger partial charge in [-0.2, -0.15) is 10.2 Å². The lowest BCUT2D eigenvalue weighted by Gasteiger charge is -2.18. The van der Waals surface area contributed by atoms with E-state index in [0.717, 1.165) is 18.7 Å². The molecule has 0 spiro atoms.